The fourth-order valence-corrected chi connectivity index (χ4v) is 2.31. The third-order valence-corrected chi connectivity index (χ3v) is 3.43. The second-order valence-electron chi connectivity index (χ2n) is 4.78. The highest BCUT2D eigenvalue weighted by molar-refractivity contribution is 5.85. The van der Waals surface area contributed by atoms with Gasteiger partial charge in [0.05, 0.1) is 0 Å². The molecule has 0 spiro atoms. The van der Waals surface area contributed by atoms with E-state index in [1.807, 2.05) is 19.4 Å². The maximum absolute atomic E-state index is 4.35. The lowest BCUT2D eigenvalue weighted by atomic mass is 9.92. The third-order valence-electron chi connectivity index (χ3n) is 3.43. The van der Waals surface area contributed by atoms with Crippen molar-refractivity contribution in [3.05, 3.63) is 42.2 Å². The van der Waals surface area contributed by atoms with Crippen LogP contribution in [0.1, 0.15) is 31.7 Å². The van der Waals surface area contributed by atoms with E-state index < -0.39 is 0 Å². The molecule has 0 aliphatic carbocycles. The molecule has 1 heterocycles. The van der Waals surface area contributed by atoms with Crippen molar-refractivity contribution in [3.63, 3.8) is 0 Å². The Morgan fingerprint density at radius 2 is 1.94 bits per heavy atom. The summed E-state index contributed by atoms with van der Waals surface area (Å²) in [7, 11) is 2.01. The Bertz CT molecular complexity index is 488. The van der Waals surface area contributed by atoms with Gasteiger partial charge in [-0.2, -0.15) is 0 Å². The molecule has 2 atom stereocenters. The zero-order chi connectivity index (χ0) is 12.3. The molecule has 1 N–H and O–H groups in total. The topological polar surface area (TPSA) is 24.9 Å². The molecule has 0 aliphatic rings. The van der Waals surface area contributed by atoms with Crippen LogP contribution in [0.3, 0.4) is 0 Å². The molecule has 2 heteroatoms. The molecule has 1 aromatic heterocycles. The Morgan fingerprint density at radius 1 is 1.18 bits per heavy atom. The minimum absolute atomic E-state index is 0.524. The van der Waals surface area contributed by atoms with Crippen molar-refractivity contribution in [2.24, 2.45) is 0 Å². The average Bonchev–Trinajstić information content (AvgIpc) is 2.37. The highest BCUT2D eigenvalue weighted by Crippen LogP contribution is 2.27. The van der Waals surface area contributed by atoms with E-state index in [0.29, 0.717) is 12.0 Å². The van der Waals surface area contributed by atoms with E-state index in [1.54, 1.807) is 0 Å². The van der Waals surface area contributed by atoms with Gasteiger partial charge in [-0.25, -0.2) is 0 Å². The van der Waals surface area contributed by atoms with Crippen molar-refractivity contribution in [2.45, 2.75) is 32.2 Å². The maximum atomic E-state index is 4.35. The van der Waals surface area contributed by atoms with Gasteiger partial charge < -0.3 is 5.32 Å². The van der Waals surface area contributed by atoms with Crippen LogP contribution in [0.5, 0.6) is 0 Å². The Labute approximate surface area is 103 Å². The van der Waals surface area contributed by atoms with E-state index in [0.717, 1.165) is 6.42 Å². The number of pyridine rings is 1. The van der Waals surface area contributed by atoms with Crippen LogP contribution in [0.2, 0.25) is 0 Å². The SMILES string of the molecule is CNC(C)CC(C)c1cncc2ccccc12. The van der Waals surface area contributed by atoms with E-state index in [-0.39, 0.29) is 0 Å². The molecule has 0 saturated carbocycles. The van der Waals surface area contributed by atoms with Gasteiger partial charge in [0.2, 0.25) is 0 Å². The van der Waals surface area contributed by atoms with E-state index in [4.69, 9.17) is 0 Å². The second kappa shape index (κ2) is 5.28. The number of aromatic nitrogens is 1. The van der Waals surface area contributed by atoms with Crippen LogP contribution in [-0.2, 0) is 0 Å². The van der Waals surface area contributed by atoms with E-state index in [2.05, 4.69) is 48.4 Å². The molecule has 0 bridgehead atoms. The summed E-state index contributed by atoms with van der Waals surface area (Å²) in [5, 5.41) is 5.86. The number of nitrogens with zero attached hydrogens (tertiary/aromatic N) is 1. The van der Waals surface area contributed by atoms with E-state index in [1.165, 1.54) is 16.3 Å². The summed E-state index contributed by atoms with van der Waals surface area (Å²) in [6, 6.07) is 9.01. The Morgan fingerprint density at radius 3 is 2.71 bits per heavy atom. The van der Waals surface area contributed by atoms with Crippen molar-refractivity contribution in [1.29, 1.82) is 0 Å². The predicted octanol–water partition coefficient (Wildman–Crippen LogP) is 3.34. The number of fused-ring (bicyclic) bond motifs is 1. The van der Waals surface area contributed by atoms with Gasteiger partial charge in [-0.05, 0) is 37.3 Å². The van der Waals surface area contributed by atoms with Gasteiger partial charge in [0, 0.05) is 23.8 Å². The first kappa shape index (κ1) is 12.1. The van der Waals surface area contributed by atoms with Crippen LogP contribution >= 0.6 is 0 Å². The van der Waals surface area contributed by atoms with Gasteiger partial charge in [-0.1, -0.05) is 31.2 Å². The van der Waals surface area contributed by atoms with Crippen molar-refractivity contribution in [1.82, 2.24) is 10.3 Å². The lowest BCUT2D eigenvalue weighted by molar-refractivity contribution is 0.517. The number of nitrogens with one attached hydrogen (secondary N) is 1. The van der Waals surface area contributed by atoms with Gasteiger partial charge in [0.25, 0.3) is 0 Å². The largest absolute Gasteiger partial charge is 0.317 e. The molecule has 90 valence electrons. The Hall–Kier alpha value is -1.41. The molecule has 0 radical (unpaired) electrons. The molecule has 0 aliphatic heterocycles. The molecule has 0 saturated heterocycles. The second-order valence-corrected chi connectivity index (χ2v) is 4.78. The zero-order valence-corrected chi connectivity index (χ0v) is 10.8. The lowest BCUT2D eigenvalue weighted by Crippen LogP contribution is -2.23. The highest BCUT2D eigenvalue weighted by Gasteiger charge is 2.12. The summed E-state index contributed by atoms with van der Waals surface area (Å²) in [4.78, 5) is 4.35. The first-order chi connectivity index (χ1) is 8.22. The fourth-order valence-electron chi connectivity index (χ4n) is 2.31. The summed E-state index contributed by atoms with van der Waals surface area (Å²) in [5.41, 5.74) is 1.35. The molecular weight excluding hydrogens is 208 g/mol. The smallest absolute Gasteiger partial charge is 0.0346 e. The van der Waals surface area contributed by atoms with E-state index in [9.17, 15) is 0 Å². The van der Waals surface area contributed by atoms with E-state index >= 15 is 0 Å². The van der Waals surface area contributed by atoms with Gasteiger partial charge in [0.1, 0.15) is 0 Å². The lowest BCUT2D eigenvalue weighted by Gasteiger charge is -2.18. The third kappa shape index (κ3) is 2.64. The van der Waals surface area contributed by atoms with Crippen molar-refractivity contribution >= 4 is 10.8 Å². The maximum Gasteiger partial charge on any atom is 0.0346 e. The van der Waals surface area contributed by atoms with Crippen molar-refractivity contribution in [3.8, 4) is 0 Å². The highest BCUT2D eigenvalue weighted by atomic mass is 14.8. The minimum atomic E-state index is 0.524. The minimum Gasteiger partial charge on any atom is -0.317 e. The van der Waals surface area contributed by atoms with Crippen LogP contribution < -0.4 is 5.32 Å². The molecule has 17 heavy (non-hydrogen) atoms. The number of hydrogen-bond acceptors (Lipinski definition) is 2. The van der Waals surface area contributed by atoms with Crippen molar-refractivity contribution in [2.75, 3.05) is 7.05 Å². The number of benzene rings is 1. The van der Waals surface area contributed by atoms with Gasteiger partial charge >= 0.3 is 0 Å². The van der Waals surface area contributed by atoms with Gasteiger partial charge in [0.15, 0.2) is 0 Å². The average molecular weight is 228 g/mol. The summed E-state index contributed by atoms with van der Waals surface area (Å²) in [6.07, 6.45) is 5.08. The molecule has 2 rings (SSSR count). The first-order valence-corrected chi connectivity index (χ1v) is 6.22. The van der Waals surface area contributed by atoms with Crippen LogP contribution in [-0.4, -0.2) is 18.1 Å². The molecule has 2 nitrogen and oxygen atoms in total. The molecule has 2 aromatic rings. The zero-order valence-electron chi connectivity index (χ0n) is 10.8. The normalized spacial score (nSPS) is 14.8. The molecule has 2 unspecified atom stereocenters. The van der Waals surface area contributed by atoms with Gasteiger partial charge in [-0.3, -0.25) is 4.98 Å². The first-order valence-electron chi connectivity index (χ1n) is 6.22. The standard InChI is InChI=1S/C15H20N2/c1-11(8-12(2)16-3)15-10-17-9-13-6-4-5-7-14(13)15/h4-7,9-12,16H,8H2,1-3H3. The van der Waals surface area contributed by atoms with Crippen molar-refractivity contribution < 1.29 is 0 Å². The molecular formula is C15H20N2. The summed E-state index contributed by atoms with van der Waals surface area (Å²) in [5.74, 6) is 0.524. The summed E-state index contributed by atoms with van der Waals surface area (Å²) >= 11 is 0. The van der Waals surface area contributed by atoms with Crippen LogP contribution in [0.25, 0.3) is 10.8 Å². The van der Waals surface area contributed by atoms with Crippen LogP contribution in [0.15, 0.2) is 36.7 Å². The van der Waals surface area contributed by atoms with Gasteiger partial charge in [-0.15, -0.1) is 0 Å². The predicted molar refractivity (Wildman–Crippen MR) is 73.3 cm³/mol. The molecule has 0 fully saturated rings. The molecule has 0 amide bonds. The Balaban J connectivity index is 2.34. The molecule has 1 aromatic carbocycles. The summed E-state index contributed by atoms with van der Waals surface area (Å²) in [6.45, 7) is 4.49. The van der Waals surface area contributed by atoms with Crippen LogP contribution in [0, 0.1) is 0 Å². The fraction of sp³-hybridized carbons (Fsp3) is 0.400. The quantitative estimate of drug-likeness (QED) is 0.868. The Kier molecular flexibility index (Phi) is 3.75. The summed E-state index contributed by atoms with van der Waals surface area (Å²) < 4.78 is 0. The monoisotopic (exact) mass is 228 g/mol. The number of hydrogen-bond donors (Lipinski definition) is 1. The van der Waals surface area contributed by atoms with Crippen LogP contribution in [0.4, 0.5) is 0 Å². The number of rotatable bonds is 4.